The molecule has 0 N–H and O–H groups in total. The number of furan rings is 1. The first-order valence-corrected chi connectivity index (χ1v) is 10.8. The van der Waals surface area contributed by atoms with Crippen LogP contribution in [0.1, 0.15) is 18.5 Å². The van der Waals surface area contributed by atoms with E-state index in [-0.39, 0.29) is 23.4 Å². The van der Waals surface area contributed by atoms with E-state index in [1.165, 1.54) is 6.26 Å². The van der Waals surface area contributed by atoms with Gasteiger partial charge in [-0.1, -0.05) is 0 Å². The van der Waals surface area contributed by atoms with E-state index in [2.05, 4.69) is 11.1 Å². The maximum absolute atomic E-state index is 12.9. The third kappa shape index (κ3) is 5.12. The lowest BCUT2D eigenvalue weighted by Gasteiger charge is -2.32. The summed E-state index contributed by atoms with van der Waals surface area (Å²) in [6.45, 7) is 2.12. The molecule has 1 aromatic carbocycles. The molecule has 1 fully saturated rings. The summed E-state index contributed by atoms with van der Waals surface area (Å²) in [5.74, 6) is 2.70. The predicted octanol–water partition coefficient (Wildman–Crippen LogP) is 3.57. The normalized spacial score (nSPS) is 14.0. The number of carbonyl (C=O) groups excluding carboxylic acids is 1. The van der Waals surface area contributed by atoms with E-state index in [0.717, 1.165) is 11.5 Å². The van der Waals surface area contributed by atoms with Gasteiger partial charge in [-0.15, -0.1) is 0 Å². The minimum atomic E-state index is -0.0785. The predicted molar refractivity (Wildman–Crippen MR) is 120 cm³/mol. The maximum atomic E-state index is 12.9. The Morgan fingerprint density at radius 2 is 1.97 bits per heavy atom. The molecule has 2 aromatic heterocycles. The molecule has 0 radical (unpaired) electrons. The van der Waals surface area contributed by atoms with Crippen molar-refractivity contribution in [1.29, 1.82) is 5.26 Å². The van der Waals surface area contributed by atoms with Crippen molar-refractivity contribution in [3.05, 3.63) is 48.4 Å². The van der Waals surface area contributed by atoms with E-state index in [4.69, 9.17) is 18.3 Å². The van der Waals surface area contributed by atoms with Crippen LogP contribution < -0.4 is 14.4 Å². The Balaban J connectivity index is 1.27. The lowest BCUT2D eigenvalue weighted by atomic mass is 9.95. The van der Waals surface area contributed by atoms with Crippen LogP contribution in [-0.4, -0.2) is 56.2 Å². The highest BCUT2D eigenvalue weighted by molar-refractivity contribution is 5.79. The summed E-state index contributed by atoms with van der Waals surface area (Å²) in [7, 11) is 3.42. The van der Waals surface area contributed by atoms with E-state index >= 15 is 0 Å². The second-order valence-corrected chi connectivity index (χ2v) is 7.81. The van der Waals surface area contributed by atoms with Crippen molar-refractivity contribution in [3.63, 3.8) is 0 Å². The van der Waals surface area contributed by atoms with Crippen LogP contribution in [0.15, 0.2) is 51.5 Å². The number of aromatic nitrogens is 1. The number of anilines is 1. The fourth-order valence-electron chi connectivity index (χ4n) is 3.83. The van der Waals surface area contributed by atoms with E-state index < -0.39 is 0 Å². The average Bonchev–Trinajstić information content (AvgIpc) is 3.54. The zero-order valence-electron chi connectivity index (χ0n) is 18.7. The lowest BCUT2D eigenvalue weighted by molar-refractivity contribution is -0.135. The van der Waals surface area contributed by atoms with Gasteiger partial charge in [0.15, 0.2) is 5.76 Å². The summed E-state index contributed by atoms with van der Waals surface area (Å²) in [5.41, 5.74) is 0.221. The standard InChI is InChI=1S/C24H26N4O5/c1-27(13-15-31-19-7-5-18(30-2)6-8-19)23(29)17-9-11-28(12-10-17)24-20(16-25)26-22(33-24)21-4-3-14-32-21/h3-8,14,17H,9-13,15H2,1-2H3. The Kier molecular flexibility index (Phi) is 6.83. The van der Waals surface area contributed by atoms with Gasteiger partial charge in [0.2, 0.25) is 17.5 Å². The van der Waals surface area contributed by atoms with Crippen molar-refractivity contribution in [3.8, 4) is 29.2 Å². The van der Waals surface area contributed by atoms with Gasteiger partial charge in [-0.2, -0.15) is 10.2 Å². The highest BCUT2D eigenvalue weighted by atomic mass is 16.5. The van der Waals surface area contributed by atoms with Crippen LogP contribution in [0.5, 0.6) is 11.5 Å². The number of carbonyl (C=O) groups is 1. The monoisotopic (exact) mass is 450 g/mol. The molecular weight excluding hydrogens is 424 g/mol. The Labute approximate surface area is 192 Å². The first-order valence-electron chi connectivity index (χ1n) is 10.8. The molecule has 3 heterocycles. The Bertz CT molecular complexity index is 1090. The number of nitrogens with zero attached hydrogens (tertiary/aromatic N) is 4. The minimum absolute atomic E-state index is 0.0785. The topological polar surface area (TPSA) is 105 Å². The van der Waals surface area contributed by atoms with Crippen molar-refractivity contribution >= 4 is 11.8 Å². The number of ether oxygens (including phenoxy) is 2. The molecule has 1 aliphatic heterocycles. The van der Waals surface area contributed by atoms with Gasteiger partial charge in [-0.05, 0) is 49.2 Å². The van der Waals surface area contributed by atoms with Crippen LogP contribution in [-0.2, 0) is 4.79 Å². The number of likely N-dealkylation sites (N-methyl/N-ethyl adjacent to an activating group) is 1. The van der Waals surface area contributed by atoms with Crippen LogP contribution in [0.25, 0.3) is 11.7 Å². The van der Waals surface area contributed by atoms with Crippen LogP contribution in [0.3, 0.4) is 0 Å². The molecule has 3 aromatic rings. The van der Waals surface area contributed by atoms with Crippen molar-refractivity contribution in [2.24, 2.45) is 5.92 Å². The van der Waals surface area contributed by atoms with Gasteiger partial charge in [0.05, 0.1) is 19.9 Å². The molecule has 1 saturated heterocycles. The van der Waals surface area contributed by atoms with Crippen molar-refractivity contribution in [1.82, 2.24) is 9.88 Å². The van der Waals surface area contributed by atoms with Crippen molar-refractivity contribution in [2.45, 2.75) is 12.8 Å². The molecule has 0 aliphatic carbocycles. The van der Waals surface area contributed by atoms with Crippen LogP contribution in [0.2, 0.25) is 0 Å². The molecule has 9 heteroatoms. The second kappa shape index (κ2) is 10.1. The molecule has 1 amide bonds. The minimum Gasteiger partial charge on any atom is -0.497 e. The van der Waals surface area contributed by atoms with Crippen LogP contribution in [0, 0.1) is 17.2 Å². The van der Waals surface area contributed by atoms with Gasteiger partial charge in [-0.25, -0.2) is 0 Å². The quantitative estimate of drug-likeness (QED) is 0.513. The number of benzene rings is 1. The molecule has 33 heavy (non-hydrogen) atoms. The summed E-state index contributed by atoms with van der Waals surface area (Å²) in [6, 6.07) is 12.9. The molecular formula is C24H26N4O5. The molecule has 0 unspecified atom stereocenters. The SMILES string of the molecule is COc1ccc(OCCN(C)C(=O)C2CCN(c3oc(-c4ccco4)nc3C#N)CC2)cc1. The summed E-state index contributed by atoms with van der Waals surface area (Å²) >= 11 is 0. The Morgan fingerprint density at radius 1 is 1.24 bits per heavy atom. The number of methoxy groups -OCH3 is 1. The third-order valence-electron chi connectivity index (χ3n) is 5.71. The maximum Gasteiger partial charge on any atom is 0.266 e. The first kappa shape index (κ1) is 22.3. The molecule has 1 aliphatic rings. The smallest absolute Gasteiger partial charge is 0.266 e. The molecule has 9 nitrogen and oxygen atoms in total. The van der Waals surface area contributed by atoms with Gasteiger partial charge >= 0.3 is 0 Å². The fraction of sp³-hybridized carbons (Fsp3) is 0.375. The molecule has 0 bridgehead atoms. The second-order valence-electron chi connectivity index (χ2n) is 7.81. The van der Waals surface area contributed by atoms with Gasteiger partial charge in [0, 0.05) is 26.1 Å². The van der Waals surface area contributed by atoms with Gasteiger partial charge in [-0.3, -0.25) is 4.79 Å². The largest absolute Gasteiger partial charge is 0.497 e. The summed E-state index contributed by atoms with van der Waals surface area (Å²) in [5, 5.41) is 9.46. The number of amides is 1. The van der Waals surface area contributed by atoms with E-state index in [9.17, 15) is 10.1 Å². The molecule has 172 valence electrons. The van der Waals surface area contributed by atoms with Gasteiger partial charge in [0.25, 0.3) is 5.89 Å². The zero-order valence-corrected chi connectivity index (χ0v) is 18.7. The highest BCUT2D eigenvalue weighted by Gasteiger charge is 2.30. The molecule has 0 spiro atoms. The number of oxazole rings is 1. The van der Waals surface area contributed by atoms with Crippen LogP contribution in [0.4, 0.5) is 5.88 Å². The van der Waals surface area contributed by atoms with Gasteiger partial charge < -0.3 is 28.1 Å². The number of hydrogen-bond acceptors (Lipinski definition) is 8. The van der Waals surface area contributed by atoms with Crippen molar-refractivity contribution < 1.29 is 23.1 Å². The zero-order chi connectivity index (χ0) is 23.2. The Hall–Kier alpha value is -3.93. The van der Waals surface area contributed by atoms with Gasteiger partial charge in [0.1, 0.15) is 24.2 Å². The van der Waals surface area contributed by atoms with E-state index in [1.807, 2.05) is 29.2 Å². The summed E-state index contributed by atoms with van der Waals surface area (Å²) in [6.07, 6.45) is 2.87. The summed E-state index contributed by atoms with van der Waals surface area (Å²) in [4.78, 5) is 20.8. The number of nitriles is 1. The third-order valence-corrected chi connectivity index (χ3v) is 5.71. The number of rotatable bonds is 8. The lowest BCUT2D eigenvalue weighted by Crippen LogP contribution is -2.42. The first-order chi connectivity index (χ1) is 16.1. The Morgan fingerprint density at radius 3 is 2.61 bits per heavy atom. The fourth-order valence-corrected chi connectivity index (χ4v) is 3.83. The molecule has 4 rings (SSSR count). The van der Waals surface area contributed by atoms with Crippen LogP contribution >= 0.6 is 0 Å². The summed E-state index contributed by atoms with van der Waals surface area (Å²) < 4.78 is 22.0. The average molecular weight is 450 g/mol. The molecule has 0 atom stereocenters. The number of piperidine rings is 1. The van der Waals surface area contributed by atoms with E-state index in [1.54, 1.807) is 31.2 Å². The van der Waals surface area contributed by atoms with E-state index in [0.29, 0.717) is 50.7 Å². The highest BCUT2D eigenvalue weighted by Crippen LogP contribution is 2.31. The molecule has 0 saturated carbocycles. The van der Waals surface area contributed by atoms with Crippen molar-refractivity contribution in [2.75, 3.05) is 45.3 Å². The number of hydrogen-bond donors (Lipinski definition) is 0.